The van der Waals surface area contributed by atoms with Crippen LogP contribution in [0, 0.1) is 5.92 Å². The quantitative estimate of drug-likeness (QED) is 0.634. The van der Waals surface area contributed by atoms with Crippen molar-refractivity contribution in [2.45, 2.75) is 32.1 Å². The van der Waals surface area contributed by atoms with Gasteiger partial charge in [-0.1, -0.05) is 29.4 Å². The van der Waals surface area contributed by atoms with Gasteiger partial charge < -0.3 is 10.3 Å². The SMILES string of the molecule is O=C(O)Cc1ccc(CC2CCCC2=NO)cc1. The summed E-state index contributed by atoms with van der Waals surface area (Å²) in [6, 6.07) is 7.64. The summed E-state index contributed by atoms with van der Waals surface area (Å²) in [5, 5.41) is 20.9. The molecule has 1 saturated carbocycles. The molecule has 1 aliphatic rings. The van der Waals surface area contributed by atoms with Crippen molar-refractivity contribution in [1.82, 2.24) is 0 Å². The Morgan fingerprint density at radius 3 is 2.56 bits per heavy atom. The van der Waals surface area contributed by atoms with E-state index in [9.17, 15) is 4.79 Å². The van der Waals surface area contributed by atoms with Gasteiger partial charge in [0.1, 0.15) is 0 Å². The molecule has 1 atom stereocenters. The van der Waals surface area contributed by atoms with Gasteiger partial charge in [-0.25, -0.2) is 0 Å². The predicted molar refractivity (Wildman–Crippen MR) is 68.0 cm³/mol. The lowest BCUT2D eigenvalue weighted by Crippen LogP contribution is -2.10. The number of carboxylic acid groups (broad SMARTS) is 1. The van der Waals surface area contributed by atoms with Crippen LogP contribution in [0.15, 0.2) is 29.4 Å². The largest absolute Gasteiger partial charge is 0.481 e. The molecular formula is C14H17NO3. The number of oxime groups is 1. The monoisotopic (exact) mass is 247 g/mol. The lowest BCUT2D eigenvalue weighted by molar-refractivity contribution is -0.136. The zero-order valence-corrected chi connectivity index (χ0v) is 10.2. The Bertz CT molecular complexity index is 451. The number of aliphatic carboxylic acids is 1. The number of carbonyl (C=O) groups is 1. The summed E-state index contributed by atoms with van der Waals surface area (Å²) in [5.41, 5.74) is 2.87. The van der Waals surface area contributed by atoms with Crippen molar-refractivity contribution >= 4 is 11.7 Å². The van der Waals surface area contributed by atoms with Crippen LogP contribution in [0.4, 0.5) is 0 Å². The van der Waals surface area contributed by atoms with Crippen LogP contribution in [0.2, 0.25) is 0 Å². The zero-order chi connectivity index (χ0) is 13.0. The number of benzene rings is 1. The third-order valence-corrected chi connectivity index (χ3v) is 3.45. The van der Waals surface area contributed by atoms with Gasteiger partial charge in [0, 0.05) is 5.92 Å². The van der Waals surface area contributed by atoms with Crippen LogP contribution in [0.25, 0.3) is 0 Å². The average molecular weight is 247 g/mol. The first-order valence-corrected chi connectivity index (χ1v) is 6.19. The van der Waals surface area contributed by atoms with Crippen LogP contribution in [0.5, 0.6) is 0 Å². The Labute approximate surface area is 106 Å². The minimum Gasteiger partial charge on any atom is -0.481 e. The Hall–Kier alpha value is -1.84. The maximum absolute atomic E-state index is 10.6. The molecule has 0 aliphatic heterocycles. The summed E-state index contributed by atoms with van der Waals surface area (Å²) in [7, 11) is 0. The summed E-state index contributed by atoms with van der Waals surface area (Å²) < 4.78 is 0. The molecule has 0 bridgehead atoms. The van der Waals surface area contributed by atoms with Gasteiger partial charge in [0.25, 0.3) is 0 Å². The summed E-state index contributed by atoms with van der Waals surface area (Å²) in [6.45, 7) is 0. The lowest BCUT2D eigenvalue weighted by Gasteiger charge is -2.10. The van der Waals surface area contributed by atoms with Crippen LogP contribution in [-0.2, 0) is 17.6 Å². The Morgan fingerprint density at radius 2 is 1.94 bits per heavy atom. The van der Waals surface area contributed by atoms with E-state index in [-0.39, 0.29) is 6.42 Å². The summed E-state index contributed by atoms with van der Waals surface area (Å²) in [4.78, 5) is 10.6. The number of hydrogen-bond donors (Lipinski definition) is 2. The standard InChI is InChI=1S/C14H17NO3/c16-14(17)9-11-6-4-10(5-7-11)8-12-2-1-3-13(12)15-18/h4-7,12,18H,1-3,8-9H2,(H,16,17). The van der Waals surface area contributed by atoms with Crippen LogP contribution in [0.1, 0.15) is 30.4 Å². The van der Waals surface area contributed by atoms with E-state index in [1.165, 1.54) is 0 Å². The van der Waals surface area contributed by atoms with Gasteiger partial charge in [0.15, 0.2) is 0 Å². The van der Waals surface area contributed by atoms with E-state index in [0.717, 1.165) is 42.5 Å². The fourth-order valence-corrected chi connectivity index (χ4v) is 2.50. The maximum atomic E-state index is 10.6. The van der Waals surface area contributed by atoms with Gasteiger partial charge in [-0.2, -0.15) is 0 Å². The van der Waals surface area contributed by atoms with E-state index in [1.807, 2.05) is 24.3 Å². The van der Waals surface area contributed by atoms with Crippen LogP contribution < -0.4 is 0 Å². The molecule has 18 heavy (non-hydrogen) atoms. The summed E-state index contributed by atoms with van der Waals surface area (Å²) in [5.74, 6) is -0.478. The normalized spacial score (nSPS) is 21.3. The van der Waals surface area contributed by atoms with Gasteiger partial charge in [0.05, 0.1) is 12.1 Å². The fraction of sp³-hybridized carbons (Fsp3) is 0.429. The van der Waals surface area contributed by atoms with Crippen molar-refractivity contribution < 1.29 is 15.1 Å². The Balaban J connectivity index is 2.00. The highest BCUT2D eigenvalue weighted by molar-refractivity contribution is 5.88. The highest BCUT2D eigenvalue weighted by Gasteiger charge is 2.23. The Morgan fingerprint density at radius 1 is 1.28 bits per heavy atom. The molecule has 2 N–H and O–H groups in total. The van der Waals surface area contributed by atoms with Gasteiger partial charge >= 0.3 is 5.97 Å². The molecule has 0 spiro atoms. The van der Waals surface area contributed by atoms with Gasteiger partial charge in [-0.05, 0) is 36.8 Å². The first-order chi connectivity index (χ1) is 8.69. The highest BCUT2D eigenvalue weighted by atomic mass is 16.4. The molecule has 1 aromatic carbocycles. The highest BCUT2D eigenvalue weighted by Crippen LogP contribution is 2.26. The molecule has 1 unspecified atom stereocenters. The predicted octanol–water partition coefficient (Wildman–Crippen LogP) is 2.49. The maximum Gasteiger partial charge on any atom is 0.307 e. The number of nitrogens with zero attached hydrogens (tertiary/aromatic N) is 1. The molecule has 1 fully saturated rings. The van der Waals surface area contributed by atoms with Crippen molar-refractivity contribution in [1.29, 1.82) is 0 Å². The fourth-order valence-electron chi connectivity index (χ4n) is 2.50. The topological polar surface area (TPSA) is 69.9 Å². The van der Waals surface area contributed by atoms with E-state index in [4.69, 9.17) is 10.3 Å². The van der Waals surface area contributed by atoms with Crippen molar-refractivity contribution in [3.05, 3.63) is 35.4 Å². The first-order valence-electron chi connectivity index (χ1n) is 6.19. The minimum absolute atomic E-state index is 0.0626. The molecule has 0 radical (unpaired) electrons. The van der Waals surface area contributed by atoms with Crippen LogP contribution in [-0.4, -0.2) is 22.0 Å². The lowest BCUT2D eigenvalue weighted by atomic mass is 9.96. The molecule has 96 valence electrons. The average Bonchev–Trinajstić information content (AvgIpc) is 2.78. The molecular weight excluding hydrogens is 230 g/mol. The van der Waals surface area contributed by atoms with E-state index in [1.54, 1.807) is 0 Å². The second-order valence-corrected chi connectivity index (χ2v) is 4.77. The van der Waals surface area contributed by atoms with Crippen molar-refractivity contribution in [2.75, 3.05) is 0 Å². The molecule has 4 heteroatoms. The van der Waals surface area contributed by atoms with E-state index in [0.29, 0.717) is 5.92 Å². The third kappa shape index (κ3) is 3.09. The van der Waals surface area contributed by atoms with E-state index < -0.39 is 5.97 Å². The molecule has 1 aliphatic carbocycles. The number of hydrogen-bond acceptors (Lipinski definition) is 3. The van der Waals surface area contributed by atoms with Crippen molar-refractivity contribution in [2.24, 2.45) is 11.1 Å². The van der Waals surface area contributed by atoms with E-state index in [2.05, 4.69) is 5.16 Å². The van der Waals surface area contributed by atoms with Crippen LogP contribution in [0.3, 0.4) is 0 Å². The first kappa shape index (κ1) is 12.6. The molecule has 0 aromatic heterocycles. The smallest absolute Gasteiger partial charge is 0.307 e. The third-order valence-electron chi connectivity index (χ3n) is 3.45. The number of rotatable bonds is 4. The second kappa shape index (κ2) is 5.67. The van der Waals surface area contributed by atoms with Gasteiger partial charge in [0.2, 0.25) is 0 Å². The number of carboxylic acids is 1. The summed E-state index contributed by atoms with van der Waals surface area (Å²) in [6.07, 6.45) is 3.97. The van der Waals surface area contributed by atoms with Crippen molar-refractivity contribution in [3.63, 3.8) is 0 Å². The van der Waals surface area contributed by atoms with Crippen molar-refractivity contribution in [3.8, 4) is 0 Å². The molecule has 4 nitrogen and oxygen atoms in total. The molecule has 1 aromatic rings. The minimum atomic E-state index is -0.812. The Kier molecular flexibility index (Phi) is 3.97. The zero-order valence-electron chi connectivity index (χ0n) is 10.2. The molecule has 0 saturated heterocycles. The van der Waals surface area contributed by atoms with Crippen LogP contribution >= 0.6 is 0 Å². The second-order valence-electron chi connectivity index (χ2n) is 4.77. The molecule has 0 heterocycles. The molecule has 0 amide bonds. The van der Waals surface area contributed by atoms with E-state index >= 15 is 0 Å². The van der Waals surface area contributed by atoms with Gasteiger partial charge in [-0.15, -0.1) is 0 Å². The summed E-state index contributed by atoms with van der Waals surface area (Å²) >= 11 is 0. The van der Waals surface area contributed by atoms with Gasteiger partial charge in [-0.3, -0.25) is 4.79 Å². The molecule has 2 rings (SSSR count).